The maximum Gasteiger partial charge on any atom is 0.271 e. The van der Waals surface area contributed by atoms with E-state index in [4.69, 9.17) is 6.42 Å². The number of hydrogen-bond acceptors (Lipinski definition) is 3. The SMILES string of the molecule is C#Cc1ccc2c(c1)C(c1ccccc1F)=NCc1c(C(=O)NC)ncn1-2. The van der Waals surface area contributed by atoms with Gasteiger partial charge in [-0.3, -0.25) is 14.4 Å². The zero-order valence-electron chi connectivity index (χ0n) is 14.5. The van der Waals surface area contributed by atoms with Gasteiger partial charge < -0.3 is 5.32 Å². The Hall–Kier alpha value is -3.72. The highest BCUT2D eigenvalue weighted by Gasteiger charge is 2.25. The number of nitrogens with one attached hydrogen (secondary N) is 1. The van der Waals surface area contributed by atoms with E-state index in [0.717, 1.165) is 5.69 Å². The summed E-state index contributed by atoms with van der Waals surface area (Å²) in [6, 6.07) is 11.9. The molecule has 27 heavy (non-hydrogen) atoms. The molecule has 0 aliphatic carbocycles. The molecule has 0 saturated carbocycles. The van der Waals surface area contributed by atoms with Gasteiger partial charge in [-0.2, -0.15) is 0 Å². The predicted octanol–water partition coefficient (Wildman–Crippen LogP) is 2.70. The number of carbonyl (C=O) groups is 1. The first kappa shape index (κ1) is 16.7. The van der Waals surface area contributed by atoms with Crippen LogP contribution in [0.3, 0.4) is 0 Å². The molecule has 2 heterocycles. The molecule has 1 aliphatic rings. The summed E-state index contributed by atoms with van der Waals surface area (Å²) in [7, 11) is 1.55. The molecule has 0 unspecified atom stereocenters. The topological polar surface area (TPSA) is 59.3 Å². The maximum atomic E-state index is 14.5. The van der Waals surface area contributed by atoms with Crippen molar-refractivity contribution >= 4 is 11.6 Å². The zero-order valence-corrected chi connectivity index (χ0v) is 14.5. The van der Waals surface area contributed by atoms with Gasteiger partial charge in [0.2, 0.25) is 0 Å². The molecule has 4 rings (SSSR count). The normalized spacial score (nSPS) is 12.3. The Balaban J connectivity index is 2.00. The molecule has 0 bridgehead atoms. The van der Waals surface area contributed by atoms with Crippen LogP contribution in [0.15, 0.2) is 53.8 Å². The minimum Gasteiger partial charge on any atom is -0.354 e. The Bertz CT molecular complexity index is 1140. The fraction of sp³-hybridized carbons (Fsp3) is 0.0952. The summed E-state index contributed by atoms with van der Waals surface area (Å²) in [5.74, 6) is 1.94. The van der Waals surface area contributed by atoms with Crippen LogP contribution in [0.2, 0.25) is 0 Å². The Morgan fingerprint density at radius 1 is 1.26 bits per heavy atom. The highest BCUT2D eigenvalue weighted by Crippen LogP contribution is 2.28. The van der Waals surface area contributed by atoms with Crippen LogP contribution in [-0.2, 0) is 6.54 Å². The van der Waals surface area contributed by atoms with Gasteiger partial charge in [-0.1, -0.05) is 18.1 Å². The van der Waals surface area contributed by atoms with Crippen LogP contribution in [-0.4, -0.2) is 28.2 Å². The number of halogens is 1. The lowest BCUT2D eigenvalue weighted by Gasteiger charge is -2.13. The summed E-state index contributed by atoms with van der Waals surface area (Å²) in [5, 5.41) is 2.58. The number of fused-ring (bicyclic) bond motifs is 3. The lowest BCUT2D eigenvalue weighted by atomic mass is 9.98. The summed E-state index contributed by atoms with van der Waals surface area (Å²) < 4.78 is 16.3. The smallest absolute Gasteiger partial charge is 0.271 e. The molecule has 0 atom stereocenters. The van der Waals surface area contributed by atoms with Crippen molar-refractivity contribution in [3.8, 4) is 18.0 Å². The van der Waals surface area contributed by atoms with Crippen LogP contribution in [0, 0.1) is 18.2 Å². The van der Waals surface area contributed by atoms with E-state index in [2.05, 4.69) is 21.2 Å². The quantitative estimate of drug-likeness (QED) is 0.716. The number of imidazole rings is 1. The van der Waals surface area contributed by atoms with Crippen LogP contribution in [0.25, 0.3) is 5.69 Å². The Kier molecular flexibility index (Phi) is 4.05. The van der Waals surface area contributed by atoms with Gasteiger partial charge in [-0.05, 0) is 30.3 Å². The third-order valence-electron chi connectivity index (χ3n) is 4.50. The zero-order chi connectivity index (χ0) is 19.0. The Morgan fingerprint density at radius 2 is 2.07 bits per heavy atom. The molecule has 0 fully saturated rings. The van der Waals surface area contributed by atoms with Crippen molar-refractivity contribution in [1.82, 2.24) is 14.9 Å². The molecule has 0 radical (unpaired) electrons. The molecule has 6 heteroatoms. The molecule has 0 spiro atoms. The Labute approximate surface area is 155 Å². The standard InChI is InChI=1S/C21H15FN4O/c1-3-13-8-9-17-15(10-13)19(14-6-4-5-7-16(14)22)24-11-18-20(21(27)23-2)25-12-26(17)18/h1,4-10,12H,11H2,2H3,(H,23,27). The van der Waals surface area contributed by atoms with Crippen molar-refractivity contribution in [3.63, 3.8) is 0 Å². The minimum absolute atomic E-state index is 0.187. The predicted molar refractivity (Wildman–Crippen MR) is 101 cm³/mol. The summed E-state index contributed by atoms with van der Waals surface area (Å²) >= 11 is 0. The van der Waals surface area contributed by atoms with E-state index >= 15 is 0 Å². The van der Waals surface area contributed by atoms with Gasteiger partial charge in [0.25, 0.3) is 5.91 Å². The summed E-state index contributed by atoms with van der Waals surface area (Å²) in [6.45, 7) is 0.187. The van der Waals surface area contributed by atoms with Crippen LogP contribution in [0.1, 0.15) is 32.9 Å². The monoisotopic (exact) mass is 358 g/mol. The van der Waals surface area contributed by atoms with E-state index in [0.29, 0.717) is 33.8 Å². The van der Waals surface area contributed by atoms with Crippen molar-refractivity contribution in [1.29, 1.82) is 0 Å². The third kappa shape index (κ3) is 2.70. The van der Waals surface area contributed by atoms with E-state index in [9.17, 15) is 9.18 Å². The molecule has 5 nitrogen and oxygen atoms in total. The van der Waals surface area contributed by atoms with Crippen molar-refractivity contribution in [2.75, 3.05) is 7.05 Å². The number of aromatic nitrogens is 2. The lowest BCUT2D eigenvalue weighted by Crippen LogP contribution is -2.20. The van der Waals surface area contributed by atoms with Crippen molar-refractivity contribution in [2.45, 2.75) is 6.54 Å². The third-order valence-corrected chi connectivity index (χ3v) is 4.50. The fourth-order valence-electron chi connectivity index (χ4n) is 3.19. The van der Waals surface area contributed by atoms with E-state index in [-0.39, 0.29) is 18.3 Å². The molecule has 2 aromatic carbocycles. The fourth-order valence-corrected chi connectivity index (χ4v) is 3.19. The van der Waals surface area contributed by atoms with Crippen LogP contribution >= 0.6 is 0 Å². The van der Waals surface area contributed by atoms with Crippen LogP contribution in [0.5, 0.6) is 0 Å². The van der Waals surface area contributed by atoms with Gasteiger partial charge in [-0.15, -0.1) is 6.42 Å². The molecule has 1 aliphatic heterocycles. The van der Waals surface area contributed by atoms with Crippen molar-refractivity contribution < 1.29 is 9.18 Å². The largest absolute Gasteiger partial charge is 0.354 e. The summed E-state index contributed by atoms with van der Waals surface area (Å²) in [5.41, 5.74) is 3.90. The number of nitrogens with zero attached hydrogens (tertiary/aromatic N) is 3. The molecule has 3 aromatic rings. The molecule has 132 valence electrons. The van der Waals surface area contributed by atoms with Gasteiger partial charge in [0.1, 0.15) is 12.1 Å². The summed E-state index contributed by atoms with van der Waals surface area (Å²) in [6.07, 6.45) is 7.13. The van der Waals surface area contributed by atoms with Gasteiger partial charge in [0, 0.05) is 23.7 Å². The second kappa shape index (κ2) is 6.54. The Morgan fingerprint density at radius 3 is 2.81 bits per heavy atom. The first-order chi connectivity index (χ1) is 13.1. The highest BCUT2D eigenvalue weighted by atomic mass is 19.1. The molecular formula is C21H15FN4O. The molecule has 1 N–H and O–H groups in total. The first-order valence-corrected chi connectivity index (χ1v) is 8.33. The van der Waals surface area contributed by atoms with Gasteiger partial charge in [-0.25, -0.2) is 9.37 Å². The summed E-state index contributed by atoms with van der Waals surface area (Å²) in [4.78, 5) is 21.0. The number of benzene rings is 2. The number of aliphatic imine (C=N–C) groups is 1. The molecule has 1 aromatic heterocycles. The van der Waals surface area contributed by atoms with Crippen molar-refractivity contribution in [3.05, 3.63) is 82.7 Å². The number of hydrogen-bond donors (Lipinski definition) is 1. The van der Waals surface area contributed by atoms with Gasteiger partial charge in [0.15, 0.2) is 5.69 Å². The second-order valence-corrected chi connectivity index (χ2v) is 6.01. The number of terminal acetylenes is 1. The van der Waals surface area contributed by atoms with E-state index in [1.54, 1.807) is 48.3 Å². The van der Waals surface area contributed by atoms with E-state index < -0.39 is 0 Å². The highest BCUT2D eigenvalue weighted by molar-refractivity contribution is 6.15. The number of carbonyl (C=O) groups excluding carboxylic acids is 1. The lowest BCUT2D eigenvalue weighted by molar-refractivity contribution is 0.0957. The van der Waals surface area contributed by atoms with Crippen LogP contribution in [0.4, 0.5) is 4.39 Å². The van der Waals surface area contributed by atoms with E-state index in [1.807, 2.05) is 6.07 Å². The number of amides is 1. The first-order valence-electron chi connectivity index (χ1n) is 8.33. The average Bonchev–Trinajstić information content (AvgIpc) is 3.05. The molecule has 0 saturated heterocycles. The molecule has 1 amide bonds. The van der Waals surface area contributed by atoms with Gasteiger partial charge >= 0.3 is 0 Å². The molecular weight excluding hydrogens is 343 g/mol. The second-order valence-electron chi connectivity index (χ2n) is 6.01. The number of rotatable bonds is 2. The van der Waals surface area contributed by atoms with Gasteiger partial charge in [0.05, 0.1) is 23.6 Å². The van der Waals surface area contributed by atoms with E-state index in [1.165, 1.54) is 6.07 Å². The average molecular weight is 358 g/mol. The van der Waals surface area contributed by atoms with Crippen LogP contribution < -0.4 is 5.32 Å². The maximum absolute atomic E-state index is 14.5. The van der Waals surface area contributed by atoms with Crippen molar-refractivity contribution in [2.24, 2.45) is 4.99 Å². The minimum atomic E-state index is -0.371.